The van der Waals surface area contributed by atoms with Gasteiger partial charge in [-0.05, 0) is 30.4 Å². The van der Waals surface area contributed by atoms with Crippen molar-refractivity contribution in [1.29, 1.82) is 0 Å². The zero-order valence-corrected chi connectivity index (χ0v) is 10.6. The van der Waals surface area contributed by atoms with Gasteiger partial charge in [0.25, 0.3) is 0 Å². The van der Waals surface area contributed by atoms with Crippen molar-refractivity contribution in [2.24, 2.45) is 5.41 Å². The van der Waals surface area contributed by atoms with E-state index >= 15 is 0 Å². The van der Waals surface area contributed by atoms with E-state index in [1.54, 1.807) is 0 Å². The molecule has 1 aliphatic carbocycles. The van der Waals surface area contributed by atoms with Crippen LogP contribution >= 0.6 is 0 Å². The van der Waals surface area contributed by atoms with Gasteiger partial charge in [-0.25, -0.2) is 0 Å². The Hall–Kier alpha value is -1.26. The predicted molar refractivity (Wildman–Crippen MR) is 72.8 cm³/mol. The van der Waals surface area contributed by atoms with Gasteiger partial charge in [-0.15, -0.1) is 0 Å². The van der Waals surface area contributed by atoms with Crippen molar-refractivity contribution in [1.82, 2.24) is 5.32 Å². The molecule has 0 spiro atoms. The first-order valence-corrected chi connectivity index (χ1v) is 6.53. The minimum atomic E-state index is 0.522. The summed E-state index contributed by atoms with van der Waals surface area (Å²) in [7, 11) is 0. The first-order chi connectivity index (χ1) is 8.29. The molecule has 1 saturated carbocycles. The molecule has 1 heteroatoms. The Morgan fingerprint density at radius 1 is 1.18 bits per heavy atom. The molecule has 0 heterocycles. The molecule has 2 rings (SSSR count). The topological polar surface area (TPSA) is 12.0 Å². The summed E-state index contributed by atoms with van der Waals surface area (Å²) in [5, 5.41) is 3.46. The van der Waals surface area contributed by atoms with Crippen LogP contribution in [0.5, 0.6) is 0 Å². The minimum absolute atomic E-state index is 0.522. The van der Waals surface area contributed by atoms with Crippen LogP contribution in [-0.2, 0) is 0 Å². The maximum absolute atomic E-state index is 3.46. The maximum atomic E-state index is 3.46. The average Bonchev–Trinajstić information content (AvgIpc) is 2.77. The Bertz CT molecular complexity index is 391. The van der Waals surface area contributed by atoms with Crippen molar-refractivity contribution in [3.63, 3.8) is 0 Å². The van der Waals surface area contributed by atoms with Crippen LogP contribution in [0.15, 0.2) is 30.3 Å². The van der Waals surface area contributed by atoms with Gasteiger partial charge in [-0.1, -0.05) is 49.8 Å². The van der Waals surface area contributed by atoms with Gasteiger partial charge in [0.15, 0.2) is 0 Å². The molecule has 17 heavy (non-hydrogen) atoms. The molecular formula is C16H21N. The molecule has 0 amide bonds. The van der Waals surface area contributed by atoms with Crippen LogP contribution in [0.25, 0.3) is 0 Å². The van der Waals surface area contributed by atoms with E-state index in [0.29, 0.717) is 5.41 Å². The van der Waals surface area contributed by atoms with E-state index in [9.17, 15) is 0 Å². The molecule has 0 bridgehead atoms. The second-order valence-electron chi connectivity index (χ2n) is 5.29. The molecule has 1 aromatic carbocycles. The smallest absolute Gasteiger partial charge is 0.0580 e. The summed E-state index contributed by atoms with van der Waals surface area (Å²) in [6.07, 6.45) is 5.53. The van der Waals surface area contributed by atoms with Crippen LogP contribution in [0.3, 0.4) is 0 Å². The molecule has 1 fully saturated rings. The molecule has 1 aliphatic rings. The van der Waals surface area contributed by atoms with E-state index in [0.717, 1.165) is 18.7 Å². The number of hydrogen-bond acceptors (Lipinski definition) is 1. The Morgan fingerprint density at radius 3 is 2.59 bits per heavy atom. The number of hydrogen-bond donors (Lipinski definition) is 1. The third-order valence-electron chi connectivity index (χ3n) is 3.58. The van der Waals surface area contributed by atoms with Gasteiger partial charge in [0.1, 0.15) is 0 Å². The average molecular weight is 227 g/mol. The Morgan fingerprint density at radius 2 is 1.88 bits per heavy atom. The molecule has 1 nitrogen and oxygen atoms in total. The lowest BCUT2D eigenvalue weighted by molar-refractivity contribution is 0.322. The first kappa shape index (κ1) is 12.2. The SMILES string of the molecule is CC1(CNCC#Cc2ccccc2)CCCC1. The van der Waals surface area contributed by atoms with Crippen LogP contribution < -0.4 is 5.32 Å². The van der Waals surface area contributed by atoms with Gasteiger partial charge < -0.3 is 5.32 Å². The Kier molecular flexibility index (Phi) is 4.23. The second kappa shape index (κ2) is 5.89. The van der Waals surface area contributed by atoms with Crippen LogP contribution in [0.2, 0.25) is 0 Å². The molecule has 0 aromatic heterocycles. The zero-order chi connectivity index (χ0) is 12.0. The van der Waals surface area contributed by atoms with Gasteiger partial charge >= 0.3 is 0 Å². The van der Waals surface area contributed by atoms with Crippen molar-refractivity contribution < 1.29 is 0 Å². The predicted octanol–water partition coefficient (Wildman–Crippen LogP) is 3.21. The molecular weight excluding hydrogens is 206 g/mol. The fourth-order valence-corrected chi connectivity index (χ4v) is 2.50. The van der Waals surface area contributed by atoms with Crippen molar-refractivity contribution in [2.75, 3.05) is 13.1 Å². The van der Waals surface area contributed by atoms with Crippen molar-refractivity contribution in [3.05, 3.63) is 35.9 Å². The number of nitrogens with one attached hydrogen (secondary N) is 1. The monoisotopic (exact) mass is 227 g/mol. The van der Waals surface area contributed by atoms with Gasteiger partial charge in [0.05, 0.1) is 6.54 Å². The highest BCUT2D eigenvalue weighted by molar-refractivity contribution is 5.33. The van der Waals surface area contributed by atoms with Gasteiger partial charge in [-0.2, -0.15) is 0 Å². The summed E-state index contributed by atoms with van der Waals surface area (Å²) >= 11 is 0. The molecule has 1 aromatic rings. The summed E-state index contributed by atoms with van der Waals surface area (Å²) in [6.45, 7) is 4.29. The molecule has 0 saturated heterocycles. The van der Waals surface area contributed by atoms with E-state index in [-0.39, 0.29) is 0 Å². The zero-order valence-electron chi connectivity index (χ0n) is 10.6. The third-order valence-corrected chi connectivity index (χ3v) is 3.58. The lowest BCUT2D eigenvalue weighted by Gasteiger charge is -2.22. The summed E-state index contributed by atoms with van der Waals surface area (Å²) < 4.78 is 0. The Labute approximate surface area is 105 Å². The molecule has 90 valence electrons. The van der Waals surface area contributed by atoms with E-state index < -0.39 is 0 Å². The molecule has 0 radical (unpaired) electrons. The van der Waals surface area contributed by atoms with Crippen molar-refractivity contribution >= 4 is 0 Å². The second-order valence-corrected chi connectivity index (χ2v) is 5.29. The minimum Gasteiger partial charge on any atom is -0.306 e. The van der Waals surface area contributed by atoms with E-state index in [2.05, 4.69) is 24.1 Å². The van der Waals surface area contributed by atoms with Crippen LogP contribution in [0.4, 0.5) is 0 Å². The fraction of sp³-hybridized carbons (Fsp3) is 0.500. The molecule has 1 N–H and O–H groups in total. The standard InChI is InChI=1S/C16H21N/c1-16(11-5-6-12-16)14-17-13-7-10-15-8-3-2-4-9-15/h2-4,8-9,17H,5-6,11-14H2,1H3. The Balaban J connectivity index is 1.71. The summed E-state index contributed by atoms with van der Waals surface area (Å²) in [6, 6.07) is 10.2. The maximum Gasteiger partial charge on any atom is 0.0580 e. The molecule has 0 unspecified atom stereocenters. The van der Waals surface area contributed by atoms with Crippen LogP contribution in [0.1, 0.15) is 38.2 Å². The van der Waals surface area contributed by atoms with Crippen LogP contribution in [0, 0.1) is 17.3 Å². The fourth-order valence-electron chi connectivity index (χ4n) is 2.50. The van der Waals surface area contributed by atoms with Gasteiger partial charge in [0.2, 0.25) is 0 Å². The van der Waals surface area contributed by atoms with E-state index in [4.69, 9.17) is 0 Å². The lowest BCUT2D eigenvalue weighted by atomic mass is 9.89. The number of rotatable bonds is 3. The van der Waals surface area contributed by atoms with Crippen LogP contribution in [-0.4, -0.2) is 13.1 Å². The quantitative estimate of drug-likeness (QED) is 0.617. The van der Waals surface area contributed by atoms with Crippen molar-refractivity contribution in [3.8, 4) is 11.8 Å². The molecule has 0 atom stereocenters. The van der Waals surface area contributed by atoms with E-state index in [1.807, 2.05) is 30.3 Å². The summed E-state index contributed by atoms with van der Waals surface area (Å²) in [5.41, 5.74) is 1.62. The number of benzene rings is 1. The highest BCUT2D eigenvalue weighted by atomic mass is 14.9. The molecule has 0 aliphatic heterocycles. The summed E-state index contributed by atoms with van der Waals surface area (Å²) in [5.74, 6) is 6.35. The highest BCUT2D eigenvalue weighted by Gasteiger charge is 2.27. The normalized spacial score (nSPS) is 17.5. The largest absolute Gasteiger partial charge is 0.306 e. The highest BCUT2D eigenvalue weighted by Crippen LogP contribution is 2.36. The van der Waals surface area contributed by atoms with Gasteiger partial charge in [0, 0.05) is 12.1 Å². The van der Waals surface area contributed by atoms with Gasteiger partial charge in [-0.3, -0.25) is 0 Å². The van der Waals surface area contributed by atoms with Crippen molar-refractivity contribution in [2.45, 2.75) is 32.6 Å². The first-order valence-electron chi connectivity index (χ1n) is 6.53. The van der Waals surface area contributed by atoms with E-state index in [1.165, 1.54) is 25.7 Å². The summed E-state index contributed by atoms with van der Waals surface area (Å²) in [4.78, 5) is 0. The lowest BCUT2D eigenvalue weighted by Crippen LogP contribution is -2.29. The third kappa shape index (κ3) is 3.91.